The predicted molar refractivity (Wildman–Crippen MR) is 155 cm³/mol. The molecule has 0 spiro atoms. The molecule has 1 aromatic heterocycles. The van der Waals surface area contributed by atoms with Crippen LogP contribution in [0.5, 0.6) is 0 Å². The molecule has 13 nitrogen and oxygen atoms in total. The molecule has 2 saturated carbocycles. The molecule has 236 valence electrons. The van der Waals surface area contributed by atoms with Crippen molar-refractivity contribution in [1.29, 1.82) is 0 Å². The van der Waals surface area contributed by atoms with Crippen molar-refractivity contribution in [3.05, 3.63) is 11.9 Å². The zero-order valence-corrected chi connectivity index (χ0v) is 25.6. The fourth-order valence-electron chi connectivity index (χ4n) is 6.96. The highest BCUT2D eigenvalue weighted by atomic mass is 35.5. The van der Waals surface area contributed by atoms with Gasteiger partial charge in [-0.2, -0.15) is 0 Å². The zero-order valence-electron chi connectivity index (χ0n) is 24.8. The highest BCUT2D eigenvalue weighted by Gasteiger charge is 2.53. The number of Topliss-reactive ketones (excluding diaryl/α,β-unsaturated/α-hetero) is 1. The van der Waals surface area contributed by atoms with Crippen LogP contribution in [-0.2, 0) is 29.5 Å². The molecule has 42 heavy (non-hydrogen) atoms. The molecule has 0 aromatic carbocycles. The van der Waals surface area contributed by atoms with Gasteiger partial charge in [0.05, 0.1) is 17.9 Å². The number of carbonyl (C=O) groups excluding carboxylic acids is 4. The van der Waals surface area contributed by atoms with Crippen molar-refractivity contribution in [1.82, 2.24) is 25.2 Å². The first-order valence-corrected chi connectivity index (χ1v) is 14.8. The summed E-state index contributed by atoms with van der Waals surface area (Å²) in [5.74, 6) is -2.65. The number of aromatic nitrogens is 3. The van der Waals surface area contributed by atoms with Gasteiger partial charge in [-0.1, -0.05) is 56.6 Å². The number of carbonyl (C=O) groups is 4. The minimum absolute atomic E-state index is 0. The number of amides is 3. The molecule has 3 fully saturated rings. The standard InChI is InChI=1S/C28H45N7O6.ClH/c1-27(2,40)20-15-31-33-35(20)19-16-34(26(39)18(29)14-17-10-6-4-7-11-17)21(22(19)41-3)25(38)32-28(23(36)24(30)37)12-8-5-9-13-28;/h15,17-19,21-22,40H,4-14,16,29H2,1-3H3,(H2,30,37)(H,32,38);1H/t18?,19-,21+,22+;/m1./s1. The van der Waals surface area contributed by atoms with Crippen molar-refractivity contribution in [2.24, 2.45) is 17.4 Å². The molecule has 2 aliphatic carbocycles. The highest BCUT2D eigenvalue weighted by molar-refractivity contribution is 6.39. The fraction of sp³-hybridized carbons (Fsp3) is 0.786. The van der Waals surface area contributed by atoms with Gasteiger partial charge in [0.1, 0.15) is 29.3 Å². The molecule has 0 bridgehead atoms. The number of ketones is 1. The van der Waals surface area contributed by atoms with Crippen LogP contribution in [0.1, 0.15) is 96.2 Å². The number of ether oxygens (including phenoxy) is 1. The largest absolute Gasteiger partial charge is 0.384 e. The summed E-state index contributed by atoms with van der Waals surface area (Å²) in [6, 6.07) is -2.68. The number of nitrogens with two attached hydrogens (primary N) is 2. The van der Waals surface area contributed by atoms with Crippen LogP contribution in [-0.4, -0.2) is 85.9 Å². The van der Waals surface area contributed by atoms with Crippen LogP contribution in [0.3, 0.4) is 0 Å². The number of hydrogen-bond donors (Lipinski definition) is 4. The summed E-state index contributed by atoms with van der Waals surface area (Å²) < 4.78 is 7.33. The lowest BCUT2D eigenvalue weighted by molar-refractivity contribution is -0.147. The van der Waals surface area contributed by atoms with Gasteiger partial charge >= 0.3 is 0 Å². The van der Waals surface area contributed by atoms with Gasteiger partial charge in [-0.3, -0.25) is 19.2 Å². The summed E-state index contributed by atoms with van der Waals surface area (Å²) in [4.78, 5) is 54.4. The van der Waals surface area contributed by atoms with E-state index < -0.39 is 58.9 Å². The van der Waals surface area contributed by atoms with Gasteiger partial charge in [-0.05, 0) is 39.0 Å². The molecule has 1 aromatic rings. The Morgan fingerprint density at radius 2 is 1.76 bits per heavy atom. The maximum atomic E-state index is 14.1. The molecular weight excluding hydrogens is 566 g/mol. The van der Waals surface area contributed by atoms with Crippen LogP contribution in [0.4, 0.5) is 0 Å². The second kappa shape index (κ2) is 13.8. The fourth-order valence-corrected chi connectivity index (χ4v) is 6.96. The van der Waals surface area contributed by atoms with Gasteiger partial charge in [-0.25, -0.2) is 4.68 Å². The molecule has 0 radical (unpaired) electrons. The van der Waals surface area contributed by atoms with Gasteiger partial charge in [-0.15, -0.1) is 17.5 Å². The number of hydrogen-bond acceptors (Lipinski definition) is 9. The van der Waals surface area contributed by atoms with Gasteiger partial charge < -0.3 is 31.5 Å². The summed E-state index contributed by atoms with van der Waals surface area (Å²) in [6.07, 6.45) is 9.15. The van der Waals surface area contributed by atoms with E-state index in [0.717, 1.165) is 32.1 Å². The van der Waals surface area contributed by atoms with Crippen molar-refractivity contribution in [2.75, 3.05) is 13.7 Å². The van der Waals surface area contributed by atoms with E-state index in [1.165, 1.54) is 29.3 Å². The highest BCUT2D eigenvalue weighted by Crippen LogP contribution is 2.36. The van der Waals surface area contributed by atoms with Crippen LogP contribution >= 0.6 is 12.4 Å². The molecule has 2 heterocycles. The van der Waals surface area contributed by atoms with Crippen molar-refractivity contribution in [3.63, 3.8) is 0 Å². The lowest BCUT2D eigenvalue weighted by Gasteiger charge is -2.38. The monoisotopic (exact) mass is 611 g/mol. The molecule has 4 atom stereocenters. The summed E-state index contributed by atoms with van der Waals surface area (Å²) in [6.45, 7) is 3.21. The van der Waals surface area contributed by atoms with Crippen LogP contribution in [0.2, 0.25) is 0 Å². The number of nitrogens with one attached hydrogen (secondary N) is 1. The Balaban J connectivity index is 0.00000484. The number of methoxy groups -OCH3 is 1. The molecule has 1 unspecified atom stereocenters. The van der Waals surface area contributed by atoms with Gasteiger partial charge in [0.15, 0.2) is 0 Å². The smallest absolute Gasteiger partial charge is 0.287 e. The Morgan fingerprint density at radius 3 is 2.33 bits per heavy atom. The van der Waals surface area contributed by atoms with Crippen LogP contribution in [0.15, 0.2) is 6.20 Å². The Labute approximate surface area is 252 Å². The van der Waals surface area contributed by atoms with E-state index in [2.05, 4.69) is 15.6 Å². The van der Waals surface area contributed by atoms with E-state index in [-0.39, 0.29) is 31.8 Å². The zero-order chi connectivity index (χ0) is 29.9. The third kappa shape index (κ3) is 6.95. The number of aliphatic hydroxyl groups is 1. The average molecular weight is 612 g/mol. The van der Waals surface area contributed by atoms with E-state index in [9.17, 15) is 24.3 Å². The lowest BCUT2D eigenvalue weighted by Crippen LogP contribution is -2.64. The van der Waals surface area contributed by atoms with Crippen molar-refractivity contribution < 1.29 is 29.0 Å². The minimum atomic E-state index is -1.44. The number of primary amides is 1. The van der Waals surface area contributed by atoms with E-state index in [1.54, 1.807) is 13.8 Å². The molecule has 14 heteroatoms. The van der Waals surface area contributed by atoms with Crippen LogP contribution in [0.25, 0.3) is 0 Å². The third-order valence-corrected chi connectivity index (χ3v) is 9.11. The first-order chi connectivity index (χ1) is 19.4. The first kappa shape index (κ1) is 33.9. The molecule has 4 rings (SSSR count). The van der Waals surface area contributed by atoms with Gasteiger partial charge in [0.25, 0.3) is 5.91 Å². The topological polar surface area (TPSA) is 196 Å². The second-order valence-corrected chi connectivity index (χ2v) is 12.5. The number of nitrogens with zero attached hydrogens (tertiary/aromatic N) is 4. The lowest BCUT2D eigenvalue weighted by atomic mass is 9.78. The molecule has 6 N–H and O–H groups in total. The Hall–Kier alpha value is -2.61. The van der Waals surface area contributed by atoms with Gasteiger partial charge in [0, 0.05) is 13.7 Å². The summed E-state index contributed by atoms with van der Waals surface area (Å²) in [7, 11) is 1.43. The van der Waals surface area contributed by atoms with Crippen LogP contribution in [0, 0.1) is 5.92 Å². The third-order valence-electron chi connectivity index (χ3n) is 9.11. The van der Waals surface area contributed by atoms with Gasteiger partial charge in [0.2, 0.25) is 17.6 Å². The number of rotatable bonds is 10. The summed E-state index contributed by atoms with van der Waals surface area (Å²) in [5.41, 5.74) is 9.51. The van der Waals surface area contributed by atoms with Crippen LogP contribution < -0.4 is 16.8 Å². The first-order valence-electron chi connectivity index (χ1n) is 14.8. The Bertz CT molecular complexity index is 1130. The van der Waals surface area contributed by atoms with Crippen molar-refractivity contribution >= 4 is 35.9 Å². The van der Waals surface area contributed by atoms with E-state index in [1.807, 2.05) is 0 Å². The van der Waals surface area contributed by atoms with E-state index in [4.69, 9.17) is 16.2 Å². The minimum Gasteiger partial charge on any atom is -0.384 e. The Kier molecular flexibility index (Phi) is 11.1. The van der Waals surface area contributed by atoms with E-state index >= 15 is 0 Å². The molecular formula is C28H46ClN7O6. The normalized spacial score (nSPS) is 25.4. The quantitative estimate of drug-likeness (QED) is 0.277. The van der Waals surface area contributed by atoms with Crippen molar-refractivity contribution in [3.8, 4) is 0 Å². The molecule has 1 aliphatic heterocycles. The van der Waals surface area contributed by atoms with Crippen molar-refractivity contribution in [2.45, 2.75) is 120 Å². The van der Waals surface area contributed by atoms with E-state index in [0.29, 0.717) is 30.9 Å². The predicted octanol–water partition coefficient (Wildman–Crippen LogP) is 0.865. The second-order valence-electron chi connectivity index (χ2n) is 12.5. The number of halogens is 1. The average Bonchev–Trinajstić information content (AvgIpc) is 3.58. The Morgan fingerprint density at radius 1 is 1.14 bits per heavy atom. The SMILES string of the molecule is CO[C@@H]1[C@@H](C(=O)NC2(C(=O)C(N)=O)CCCCC2)N(C(=O)C(N)CC2CCCCC2)C[C@H]1n1nncc1C(C)(C)O.Cl. The molecule has 3 amide bonds. The molecule has 1 saturated heterocycles. The maximum Gasteiger partial charge on any atom is 0.287 e. The summed E-state index contributed by atoms with van der Waals surface area (Å²) in [5, 5.41) is 21.8. The number of likely N-dealkylation sites (tertiary alicyclic amines) is 1. The maximum absolute atomic E-state index is 14.1. The molecule has 3 aliphatic rings. The summed E-state index contributed by atoms with van der Waals surface area (Å²) >= 11 is 0.